The molecule has 3 heteroatoms. The molecule has 1 aliphatic heterocycles. The maximum atomic E-state index is 11.9. The van der Waals surface area contributed by atoms with Crippen molar-refractivity contribution in [2.45, 2.75) is 45.1 Å². The van der Waals surface area contributed by atoms with E-state index in [1.807, 2.05) is 18.4 Å². The van der Waals surface area contributed by atoms with Crippen LogP contribution in [0.4, 0.5) is 0 Å². The Bertz CT molecular complexity index is 351. The fourth-order valence-corrected chi connectivity index (χ4v) is 2.85. The first-order valence-electron chi connectivity index (χ1n) is 5.96. The number of ketones is 1. The van der Waals surface area contributed by atoms with Gasteiger partial charge in [0.05, 0.1) is 6.10 Å². The van der Waals surface area contributed by atoms with Crippen LogP contribution in [0.1, 0.15) is 47.3 Å². The Morgan fingerprint density at radius 1 is 1.56 bits per heavy atom. The fourth-order valence-electron chi connectivity index (χ4n) is 2.14. The number of hydrogen-bond donors (Lipinski definition) is 0. The van der Waals surface area contributed by atoms with Crippen LogP contribution in [-0.4, -0.2) is 18.5 Å². The van der Waals surface area contributed by atoms with Gasteiger partial charge in [-0.15, -0.1) is 11.3 Å². The summed E-state index contributed by atoms with van der Waals surface area (Å²) in [7, 11) is 0. The van der Waals surface area contributed by atoms with E-state index in [4.69, 9.17) is 4.74 Å². The van der Waals surface area contributed by atoms with Crippen LogP contribution in [0.15, 0.2) is 11.4 Å². The van der Waals surface area contributed by atoms with Gasteiger partial charge in [-0.05, 0) is 44.1 Å². The van der Waals surface area contributed by atoms with E-state index in [0.717, 1.165) is 29.9 Å². The Labute approximate surface area is 101 Å². The van der Waals surface area contributed by atoms with E-state index in [9.17, 15) is 4.79 Å². The first kappa shape index (κ1) is 11.8. The third kappa shape index (κ3) is 2.92. The summed E-state index contributed by atoms with van der Waals surface area (Å²) < 4.78 is 5.63. The SMILES string of the molecule is Cc1sccc1C(=O)CCC1CCCCO1. The number of aryl methyl sites for hydroxylation is 1. The Morgan fingerprint density at radius 2 is 2.44 bits per heavy atom. The highest BCUT2D eigenvalue weighted by molar-refractivity contribution is 7.10. The quantitative estimate of drug-likeness (QED) is 0.749. The van der Waals surface area contributed by atoms with E-state index in [0.29, 0.717) is 12.5 Å². The van der Waals surface area contributed by atoms with Gasteiger partial charge in [0, 0.05) is 23.5 Å². The fraction of sp³-hybridized carbons (Fsp3) is 0.615. The van der Waals surface area contributed by atoms with Gasteiger partial charge in [-0.1, -0.05) is 0 Å². The van der Waals surface area contributed by atoms with E-state index in [1.54, 1.807) is 11.3 Å². The summed E-state index contributed by atoms with van der Waals surface area (Å²) in [6.07, 6.45) is 5.37. The van der Waals surface area contributed by atoms with Gasteiger partial charge >= 0.3 is 0 Å². The van der Waals surface area contributed by atoms with Crippen LogP contribution in [0.2, 0.25) is 0 Å². The first-order chi connectivity index (χ1) is 7.77. The zero-order chi connectivity index (χ0) is 11.4. The van der Waals surface area contributed by atoms with Gasteiger partial charge in [-0.2, -0.15) is 0 Å². The molecule has 1 fully saturated rings. The normalized spacial score (nSPS) is 20.9. The lowest BCUT2D eigenvalue weighted by atomic mass is 10.0. The molecule has 1 atom stereocenters. The standard InChI is InChI=1S/C13H18O2S/c1-10-12(7-9-16-10)13(14)6-5-11-4-2-3-8-15-11/h7,9,11H,2-6,8H2,1H3. The summed E-state index contributed by atoms with van der Waals surface area (Å²) in [5.41, 5.74) is 0.904. The Balaban J connectivity index is 1.81. The maximum absolute atomic E-state index is 11.9. The second kappa shape index (κ2) is 5.60. The van der Waals surface area contributed by atoms with E-state index in [1.165, 1.54) is 12.8 Å². The number of Topliss-reactive ketones (excluding diaryl/α,β-unsaturated/α-hetero) is 1. The minimum atomic E-state index is 0.271. The van der Waals surface area contributed by atoms with Crippen molar-refractivity contribution in [3.05, 3.63) is 21.9 Å². The summed E-state index contributed by atoms with van der Waals surface area (Å²) in [6, 6.07) is 1.93. The summed E-state index contributed by atoms with van der Waals surface area (Å²) in [5, 5.41) is 1.99. The number of thiophene rings is 1. The van der Waals surface area contributed by atoms with Crippen molar-refractivity contribution < 1.29 is 9.53 Å². The van der Waals surface area contributed by atoms with Crippen molar-refractivity contribution in [1.82, 2.24) is 0 Å². The molecule has 88 valence electrons. The molecular formula is C13H18O2S. The van der Waals surface area contributed by atoms with E-state index < -0.39 is 0 Å². The van der Waals surface area contributed by atoms with E-state index in [2.05, 4.69) is 0 Å². The van der Waals surface area contributed by atoms with E-state index in [-0.39, 0.29) is 5.78 Å². The smallest absolute Gasteiger partial charge is 0.164 e. The molecule has 0 saturated carbocycles. The van der Waals surface area contributed by atoms with Crippen LogP contribution in [-0.2, 0) is 4.74 Å². The third-order valence-electron chi connectivity index (χ3n) is 3.13. The molecule has 1 unspecified atom stereocenters. The van der Waals surface area contributed by atoms with Crippen molar-refractivity contribution in [2.24, 2.45) is 0 Å². The van der Waals surface area contributed by atoms with Gasteiger partial charge in [-0.3, -0.25) is 4.79 Å². The van der Waals surface area contributed by atoms with Crippen molar-refractivity contribution in [3.8, 4) is 0 Å². The second-order valence-electron chi connectivity index (χ2n) is 4.34. The molecule has 16 heavy (non-hydrogen) atoms. The van der Waals surface area contributed by atoms with Crippen molar-refractivity contribution in [1.29, 1.82) is 0 Å². The molecule has 2 nitrogen and oxygen atoms in total. The van der Waals surface area contributed by atoms with Gasteiger partial charge in [0.2, 0.25) is 0 Å². The monoisotopic (exact) mass is 238 g/mol. The van der Waals surface area contributed by atoms with Gasteiger partial charge in [0.25, 0.3) is 0 Å². The largest absolute Gasteiger partial charge is 0.378 e. The number of rotatable bonds is 4. The Hall–Kier alpha value is -0.670. The predicted octanol–water partition coefficient (Wildman–Crippen LogP) is 3.59. The van der Waals surface area contributed by atoms with Crippen LogP contribution in [0, 0.1) is 6.92 Å². The number of hydrogen-bond acceptors (Lipinski definition) is 3. The van der Waals surface area contributed by atoms with Gasteiger partial charge in [0.1, 0.15) is 0 Å². The van der Waals surface area contributed by atoms with Crippen LogP contribution < -0.4 is 0 Å². The van der Waals surface area contributed by atoms with Crippen molar-refractivity contribution in [2.75, 3.05) is 6.61 Å². The van der Waals surface area contributed by atoms with Gasteiger partial charge in [0.15, 0.2) is 5.78 Å². The first-order valence-corrected chi connectivity index (χ1v) is 6.84. The predicted molar refractivity (Wildman–Crippen MR) is 66.2 cm³/mol. The molecule has 0 bridgehead atoms. The highest BCUT2D eigenvalue weighted by atomic mass is 32.1. The average molecular weight is 238 g/mol. The molecule has 0 amide bonds. The molecule has 0 spiro atoms. The molecule has 2 rings (SSSR count). The van der Waals surface area contributed by atoms with Crippen molar-refractivity contribution in [3.63, 3.8) is 0 Å². The summed E-state index contributed by atoms with van der Waals surface area (Å²) in [5.74, 6) is 0.271. The zero-order valence-corrected chi connectivity index (χ0v) is 10.5. The summed E-state index contributed by atoms with van der Waals surface area (Å²) in [4.78, 5) is 13.1. The molecular weight excluding hydrogens is 220 g/mol. The minimum Gasteiger partial charge on any atom is -0.378 e. The number of carbonyl (C=O) groups excluding carboxylic acids is 1. The summed E-state index contributed by atoms with van der Waals surface area (Å²) in [6.45, 7) is 2.88. The van der Waals surface area contributed by atoms with Crippen molar-refractivity contribution >= 4 is 17.1 Å². The number of ether oxygens (including phenoxy) is 1. The van der Waals surface area contributed by atoms with Crippen LogP contribution >= 0.6 is 11.3 Å². The zero-order valence-electron chi connectivity index (χ0n) is 9.70. The molecule has 0 radical (unpaired) electrons. The minimum absolute atomic E-state index is 0.271. The highest BCUT2D eigenvalue weighted by Crippen LogP contribution is 2.21. The third-order valence-corrected chi connectivity index (χ3v) is 3.97. The lowest BCUT2D eigenvalue weighted by molar-refractivity contribution is 0.0104. The molecule has 1 saturated heterocycles. The second-order valence-corrected chi connectivity index (χ2v) is 5.46. The molecule has 1 aliphatic rings. The van der Waals surface area contributed by atoms with Crippen LogP contribution in [0.3, 0.4) is 0 Å². The molecule has 2 heterocycles. The molecule has 1 aromatic rings. The molecule has 0 N–H and O–H groups in total. The topological polar surface area (TPSA) is 26.3 Å². The number of carbonyl (C=O) groups is 1. The van der Waals surface area contributed by atoms with E-state index >= 15 is 0 Å². The van der Waals surface area contributed by atoms with Crippen LogP contribution in [0.5, 0.6) is 0 Å². The lowest BCUT2D eigenvalue weighted by Crippen LogP contribution is -2.20. The average Bonchev–Trinajstić information content (AvgIpc) is 2.74. The molecule has 1 aromatic heterocycles. The Morgan fingerprint density at radius 3 is 3.06 bits per heavy atom. The van der Waals surface area contributed by atoms with Gasteiger partial charge in [-0.25, -0.2) is 0 Å². The lowest BCUT2D eigenvalue weighted by Gasteiger charge is -2.22. The van der Waals surface area contributed by atoms with Gasteiger partial charge < -0.3 is 4.74 Å². The van der Waals surface area contributed by atoms with Crippen LogP contribution in [0.25, 0.3) is 0 Å². The molecule has 0 aromatic carbocycles. The summed E-state index contributed by atoms with van der Waals surface area (Å²) >= 11 is 1.64. The maximum Gasteiger partial charge on any atom is 0.164 e. The molecule has 0 aliphatic carbocycles. The highest BCUT2D eigenvalue weighted by Gasteiger charge is 2.17. The Kier molecular flexibility index (Phi) is 4.13.